The molecule has 0 aliphatic carbocycles. The lowest BCUT2D eigenvalue weighted by atomic mass is 10.0. The fourth-order valence-electron chi connectivity index (χ4n) is 2.50. The zero-order chi connectivity index (χ0) is 13.1. The van der Waals surface area contributed by atoms with Crippen LogP contribution in [0.25, 0.3) is 0 Å². The molecule has 5 heteroatoms. The molecule has 2 unspecified atom stereocenters. The van der Waals surface area contributed by atoms with Gasteiger partial charge in [-0.15, -0.1) is 11.3 Å². The van der Waals surface area contributed by atoms with Crippen LogP contribution in [0.2, 0.25) is 0 Å². The van der Waals surface area contributed by atoms with E-state index >= 15 is 0 Å². The maximum Gasteiger partial charge on any atom is 0.0314 e. The Morgan fingerprint density at radius 2 is 2.28 bits per heavy atom. The van der Waals surface area contributed by atoms with Gasteiger partial charge in [-0.1, -0.05) is 0 Å². The molecule has 2 rings (SSSR count). The number of halogens is 1. The summed E-state index contributed by atoms with van der Waals surface area (Å²) in [4.78, 5) is 6.22. The highest BCUT2D eigenvalue weighted by Gasteiger charge is 2.24. The van der Waals surface area contributed by atoms with Crippen molar-refractivity contribution in [1.82, 2.24) is 9.80 Å². The van der Waals surface area contributed by atoms with E-state index in [0.29, 0.717) is 6.04 Å². The fraction of sp³-hybridized carbons (Fsp3) is 0.692. The van der Waals surface area contributed by atoms with Gasteiger partial charge in [-0.05, 0) is 54.3 Å². The number of hydrogen-bond acceptors (Lipinski definition) is 4. The van der Waals surface area contributed by atoms with Gasteiger partial charge in [0.25, 0.3) is 0 Å². The van der Waals surface area contributed by atoms with Gasteiger partial charge in [0.05, 0.1) is 0 Å². The minimum atomic E-state index is 0.249. The van der Waals surface area contributed by atoms with E-state index in [0.717, 1.165) is 25.9 Å². The first kappa shape index (κ1) is 14.5. The molecule has 1 aliphatic heterocycles. The molecule has 1 fully saturated rings. The van der Waals surface area contributed by atoms with Crippen LogP contribution in [0.3, 0.4) is 0 Å². The van der Waals surface area contributed by atoms with E-state index in [1.165, 1.54) is 15.9 Å². The first-order chi connectivity index (χ1) is 8.56. The molecule has 102 valence electrons. The van der Waals surface area contributed by atoms with E-state index in [1.54, 1.807) is 11.3 Å². The van der Waals surface area contributed by atoms with Gasteiger partial charge < -0.3 is 15.5 Å². The zero-order valence-electron chi connectivity index (χ0n) is 11.1. The van der Waals surface area contributed by atoms with Crippen molar-refractivity contribution < 1.29 is 0 Å². The van der Waals surface area contributed by atoms with Crippen molar-refractivity contribution in [3.05, 3.63) is 20.8 Å². The summed E-state index contributed by atoms with van der Waals surface area (Å²) in [6.45, 7) is 3.45. The summed E-state index contributed by atoms with van der Waals surface area (Å²) < 4.78 is 1.21. The second-order valence-corrected chi connectivity index (χ2v) is 7.14. The van der Waals surface area contributed by atoms with Crippen LogP contribution >= 0.6 is 27.3 Å². The van der Waals surface area contributed by atoms with Gasteiger partial charge in [-0.2, -0.15) is 0 Å². The third-order valence-corrected chi connectivity index (χ3v) is 5.64. The van der Waals surface area contributed by atoms with Gasteiger partial charge in [0.15, 0.2) is 0 Å². The third kappa shape index (κ3) is 3.78. The summed E-state index contributed by atoms with van der Waals surface area (Å²) in [5.74, 6) is 0. The molecule has 18 heavy (non-hydrogen) atoms. The second-order valence-electron chi connectivity index (χ2n) is 5.29. The van der Waals surface area contributed by atoms with Gasteiger partial charge in [0, 0.05) is 41.1 Å². The van der Waals surface area contributed by atoms with Crippen LogP contribution in [0.1, 0.15) is 11.3 Å². The average molecular weight is 332 g/mol. The van der Waals surface area contributed by atoms with Gasteiger partial charge in [-0.3, -0.25) is 0 Å². The Kier molecular flexibility index (Phi) is 5.21. The van der Waals surface area contributed by atoms with E-state index < -0.39 is 0 Å². The van der Waals surface area contributed by atoms with Gasteiger partial charge in [0.2, 0.25) is 0 Å². The van der Waals surface area contributed by atoms with Gasteiger partial charge in [0.1, 0.15) is 0 Å². The molecule has 1 aromatic rings. The minimum Gasteiger partial charge on any atom is -0.327 e. The molecule has 1 saturated heterocycles. The molecule has 0 amide bonds. The molecule has 2 heterocycles. The topological polar surface area (TPSA) is 32.5 Å². The van der Waals surface area contributed by atoms with E-state index in [9.17, 15) is 0 Å². The Labute approximate surface area is 122 Å². The number of nitrogens with two attached hydrogens (primary N) is 1. The summed E-state index contributed by atoms with van der Waals surface area (Å²) in [6.07, 6.45) is 2.05. The molecule has 2 N–H and O–H groups in total. The summed E-state index contributed by atoms with van der Waals surface area (Å²) in [7, 11) is 4.41. The number of rotatable bonds is 4. The minimum absolute atomic E-state index is 0.249. The van der Waals surface area contributed by atoms with E-state index in [2.05, 4.69) is 51.3 Å². The fourth-order valence-corrected chi connectivity index (χ4v) is 4.11. The van der Waals surface area contributed by atoms with Crippen LogP contribution in [0.5, 0.6) is 0 Å². The molecule has 2 atom stereocenters. The van der Waals surface area contributed by atoms with Crippen molar-refractivity contribution >= 4 is 27.3 Å². The first-order valence-electron chi connectivity index (χ1n) is 6.42. The van der Waals surface area contributed by atoms with E-state index in [4.69, 9.17) is 5.73 Å². The van der Waals surface area contributed by atoms with Crippen LogP contribution in [0, 0.1) is 0 Å². The molecule has 0 spiro atoms. The number of hydrogen-bond donors (Lipinski definition) is 1. The summed E-state index contributed by atoms with van der Waals surface area (Å²) >= 11 is 5.37. The van der Waals surface area contributed by atoms with Gasteiger partial charge in [-0.25, -0.2) is 0 Å². The highest BCUT2D eigenvalue weighted by molar-refractivity contribution is 9.10. The first-order valence-corrected chi connectivity index (χ1v) is 8.09. The van der Waals surface area contributed by atoms with Crippen molar-refractivity contribution in [1.29, 1.82) is 0 Å². The largest absolute Gasteiger partial charge is 0.327 e. The maximum atomic E-state index is 6.31. The molecule has 1 aromatic heterocycles. The highest BCUT2D eigenvalue weighted by atomic mass is 79.9. The zero-order valence-corrected chi connectivity index (χ0v) is 13.5. The number of likely N-dealkylation sites (N-methyl/N-ethyl adjacent to an activating group) is 2. The molecule has 0 radical (unpaired) electrons. The van der Waals surface area contributed by atoms with Crippen molar-refractivity contribution in [2.24, 2.45) is 5.73 Å². The van der Waals surface area contributed by atoms with Crippen molar-refractivity contribution in [3.63, 3.8) is 0 Å². The quantitative estimate of drug-likeness (QED) is 0.916. The van der Waals surface area contributed by atoms with Crippen molar-refractivity contribution in [2.45, 2.75) is 24.9 Å². The smallest absolute Gasteiger partial charge is 0.0314 e. The van der Waals surface area contributed by atoms with E-state index in [-0.39, 0.29) is 6.04 Å². The summed E-state index contributed by atoms with van der Waals surface area (Å²) in [5, 5.41) is 2.12. The highest BCUT2D eigenvalue weighted by Crippen LogP contribution is 2.24. The average Bonchev–Trinajstić information content (AvgIpc) is 2.70. The number of nitrogens with zero attached hydrogens (tertiary/aromatic N) is 2. The Morgan fingerprint density at radius 3 is 2.94 bits per heavy atom. The van der Waals surface area contributed by atoms with Crippen molar-refractivity contribution in [3.8, 4) is 0 Å². The molecule has 0 bridgehead atoms. The summed E-state index contributed by atoms with van der Waals surface area (Å²) in [5.41, 5.74) is 6.31. The number of thiophene rings is 1. The van der Waals surface area contributed by atoms with Gasteiger partial charge >= 0.3 is 0 Å². The standard InChI is InChI=1S/C13H22BrN3S/c1-16-4-5-17(2)11(9-16)7-10(15)8-13-12(14)3-6-18-13/h3,6,10-11H,4-5,7-9,15H2,1-2H3. The SMILES string of the molecule is CN1CCN(C)C(CC(N)Cc2sccc2Br)C1. The Hall–Kier alpha value is 0.0600. The maximum absolute atomic E-state index is 6.31. The Bertz CT molecular complexity index is 382. The molecule has 0 aromatic carbocycles. The molecule has 1 aliphatic rings. The molecule has 3 nitrogen and oxygen atoms in total. The predicted octanol–water partition coefficient (Wildman–Crippen LogP) is 2.02. The monoisotopic (exact) mass is 331 g/mol. The van der Waals surface area contributed by atoms with Crippen molar-refractivity contribution in [2.75, 3.05) is 33.7 Å². The lowest BCUT2D eigenvalue weighted by molar-refractivity contribution is 0.104. The second kappa shape index (κ2) is 6.48. The van der Waals surface area contributed by atoms with E-state index in [1.807, 2.05) is 0 Å². The van der Waals surface area contributed by atoms with Crippen LogP contribution in [0.4, 0.5) is 0 Å². The summed E-state index contributed by atoms with van der Waals surface area (Å²) in [6, 6.07) is 2.95. The van der Waals surface area contributed by atoms with Crippen LogP contribution in [-0.2, 0) is 6.42 Å². The molecule has 0 saturated carbocycles. The molecular formula is C13H22BrN3S. The Morgan fingerprint density at radius 1 is 1.50 bits per heavy atom. The molecular weight excluding hydrogens is 310 g/mol. The lowest BCUT2D eigenvalue weighted by Crippen LogP contribution is -2.51. The van der Waals surface area contributed by atoms with Crippen LogP contribution in [0.15, 0.2) is 15.9 Å². The predicted molar refractivity (Wildman–Crippen MR) is 82.2 cm³/mol. The Balaban J connectivity index is 1.86. The normalized spacial score (nSPS) is 24.3. The third-order valence-electron chi connectivity index (χ3n) is 3.69. The van der Waals surface area contributed by atoms with Crippen LogP contribution in [-0.4, -0.2) is 55.6 Å². The number of piperazine rings is 1. The van der Waals surface area contributed by atoms with Crippen LogP contribution < -0.4 is 5.73 Å². The lowest BCUT2D eigenvalue weighted by Gasteiger charge is -2.38.